The van der Waals surface area contributed by atoms with Gasteiger partial charge in [-0.15, -0.1) is 0 Å². The molecule has 170 valence electrons. The van der Waals surface area contributed by atoms with Gasteiger partial charge in [0.25, 0.3) is 0 Å². The maximum atomic E-state index is 13.3. The predicted molar refractivity (Wildman–Crippen MR) is 117 cm³/mol. The number of carbonyl (C=O) groups excluding carboxylic acids is 2. The van der Waals surface area contributed by atoms with Crippen molar-refractivity contribution in [2.45, 2.75) is 37.6 Å². The number of nitrogens with zero attached hydrogens (tertiary/aromatic N) is 4. The molecule has 3 aliphatic rings. The molecular formula is C23H27ClN4O4. The third-order valence-corrected chi connectivity index (χ3v) is 7.45. The van der Waals surface area contributed by atoms with Crippen molar-refractivity contribution in [2.24, 2.45) is 11.3 Å². The van der Waals surface area contributed by atoms with E-state index in [1.807, 2.05) is 12.1 Å². The molecule has 1 aromatic rings. The number of likely N-dealkylation sites (tertiary alicyclic amines) is 2. The summed E-state index contributed by atoms with van der Waals surface area (Å²) in [6.45, 7) is 1.74. The molecular weight excluding hydrogens is 432 g/mol. The quantitative estimate of drug-likeness (QED) is 0.746. The highest BCUT2D eigenvalue weighted by Gasteiger charge is 2.53. The van der Waals surface area contributed by atoms with Crippen LogP contribution in [-0.4, -0.2) is 77.0 Å². The van der Waals surface area contributed by atoms with Crippen molar-refractivity contribution in [2.75, 3.05) is 33.2 Å². The lowest BCUT2D eigenvalue weighted by atomic mass is 9.93. The summed E-state index contributed by atoms with van der Waals surface area (Å²) < 4.78 is 0. The van der Waals surface area contributed by atoms with Crippen molar-refractivity contribution in [3.05, 3.63) is 34.9 Å². The SMILES string of the molecule is CN(C(=O)O)[C@@H]1CN(C(=O)C2CCN(C(=O)C3(C#N)CC3)CC2)C[C@H]1c1ccc(Cl)cc1. The lowest BCUT2D eigenvalue weighted by molar-refractivity contribution is -0.141. The van der Waals surface area contributed by atoms with Crippen LogP contribution in [0.4, 0.5) is 4.79 Å². The van der Waals surface area contributed by atoms with Gasteiger partial charge in [-0.05, 0) is 43.4 Å². The largest absolute Gasteiger partial charge is 0.465 e. The fraction of sp³-hybridized carbons (Fsp3) is 0.565. The van der Waals surface area contributed by atoms with Crippen molar-refractivity contribution in [3.8, 4) is 6.07 Å². The van der Waals surface area contributed by atoms with Crippen LogP contribution in [0.1, 0.15) is 37.2 Å². The molecule has 2 atom stereocenters. The van der Waals surface area contributed by atoms with Gasteiger partial charge in [0.15, 0.2) is 0 Å². The molecule has 4 rings (SSSR count). The second-order valence-electron chi connectivity index (χ2n) is 9.12. The third kappa shape index (κ3) is 4.14. The Morgan fingerprint density at radius 2 is 1.75 bits per heavy atom. The van der Waals surface area contributed by atoms with E-state index in [9.17, 15) is 24.8 Å². The topological polar surface area (TPSA) is 105 Å². The Kier molecular flexibility index (Phi) is 6.04. The van der Waals surface area contributed by atoms with Crippen LogP contribution < -0.4 is 0 Å². The fourth-order valence-corrected chi connectivity index (χ4v) is 5.05. The van der Waals surface area contributed by atoms with Crippen molar-refractivity contribution in [1.29, 1.82) is 5.26 Å². The van der Waals surface area contributed by atoms with Gasteiger partial charge in [-0.3, -0.25) is 9.59 Å². The molecule has 32 heavy (non-hydrogen) atoms. The molecule has 1 aromatic carbocycles. The highest BCUT2D eigenvalue weighted by atomic mass is 35.5. The van der Waals surface area contributed by atoms with Crippen LogP contribution in [-0.2, 0) is 9.59 Å². The van der Waals surface area contributed by atoms with Gasteiger partial charge in [-0.1, -0.05) is 23.7 Å². The van der Waals surface area contributed by atoms with E-state index in [0.29, 0.717) is 56.9 Å². The predicted octanol–water partition coefficient (Wildman–Crippen LogP) is 2.79. The summed E-state index contributed by atoms with van der Waals surface area (Å²) in [4.78, 5) is 42.3. The average Bonchev–Trinajstić information content (AvgIpc) is 3.49. The number of rotatable bonds is 4. The molecule has 0 aromatic heterocycles. The third-order valence-electron chi connectivity index (χ3n) is 7.20. The van der Waals surface area contributed by atoms with Crippen LogP contribution in [0.25, 0.3) is 0 Å². The minimum atomic E-state index is -1.03. The van der Waals surface area contributed by atoms with E-state index in [4.69, 9.17) is 11.6 Å². The first-order chi connectivity index (χ1) is 15.3. The lowest BCUT2D eigenvalue weighted by Crippen LogP contribution is -2.46. The number of carbonyl (C=O) groups is 3. The molecule has 8 nitrogen and oxygen atoms in total. The van der Waals surface area contributed by atoms with Gasteiger partial charge in [0.2, 0.25) is 11.8 Å². The number of amides is 3. The monoisotopic (exact) mass is 458 g/mol. The molecule has 1 saturated carbocycles. The van der Waals surface area contributed by atoms with Gasteiger partial charge in [0.1, 0.15) is 5.41 Å². The average molecular weight is 459 g/mol. The number of carboxylic acid groups (broad SMARTS) is 1. The molecule has 3 amide bonds. The summed E-state index contributed by atoms with van der Waals surface area (Å²) in [5.74, 6) is -0.419. The number of halogens is 1. The minimum Gasteiger partial charge on any atom is -0.465 e. The molecule has 3 fully saturated rings. The van der Waals surface area contributed by atoms with E-state index in [1.54, 1.807) is 21.9 Å². The Morgan fingerprint density at radius 1 is 1.12 bits per heavy atom. The van der Waals surface area contributed by atoms with E-state index < -0.39 is 11.5 Å². The number of benzene rings is 1. The van der Waals surface area contributed by atoms with Crippen molar-refractivity contribution in [1.82, 2.24) is 14.7 Å². The summed E-state index contributed by atoms with van der Waals surface area (Å²) in [6.07, 6.45) is 1.35. The van der Waals surface area contributed by atoms with E-state index >= 15 is 0 Å². The highest BCUT2D eigenvalue weighted by Crippen LogP contribution is 2.47. The zero-order valence-corrected chi connectivity index (χ0v) is 18.8. The normalized spacial score (nSPS) is 24.7. The molecule has 2 saturated heterocycles. The Balaban J connectivity index is 1.42. The number of hydrogen-bond acceptors (Lipinski definition) is 4. The summed E-state index contributed by atoms with van der Waals surface area (Å²) in [7, 11) is 1.54. The maximum Gasteiger partial charge on any atom is 0.407 e. The van der Waals surface area contributed by atoms with Crippen molar-refractivity contribution >= 4 is 29.5 Å². The smallest absolute Gasteiger partial charge is 0.407 e. The molecule has 0 radical (unpaired) electrons. The van der Waals surface area contributed by atoms with Crippen LogP contribution in [0.2, 0.25) is 5.02 Å². The van der Waals surface area contributed by atoms with Gasteiger partial charge in [0, 0.05) is 50.1 Å². The number of likely N-dealkylation sites (N-methyl/N-ethyl adjacent to an activating group) is 1. The zero-order chi connectivity index (χ0) is 23.0. The molecule has 0 spiro atoms. The van der Waals surface area contributed by atoms with Gasteiger partial charge in [0.05, 0.1) is 12.1 Å². The number of piperidine rings is 1. The standard InChI is InChI=1S/C23H27ClN4O4/c1-26(22(31)32)19-13-28(12-18(19)15-2-4-17(24)5-3-15)20(29)16-6-10-27(11-7-16)21(30)23(14-25)8-9-23/h2-5,16,18-19H,6-13H2,1H3,(H,31,32)/t18-,19+/m0/s1. The minimum absolute atomic E-state index is 0.0127. The Hall–Kier alpha value is -2.79. The summed E-state index contributed by atoms with van der Waals surface area (Å²) in [5, 5.41) is 19.4. The summed E-state index contributed by atoms with van der Waals surface area (Å²) in [6, 6.07) is 9.13. The molecule has 9 heteroatoms. The first-order valence-electron chi connectivity index (χ1n) is 11.0. The van der Waals surface area contributed by atoms with Crippen LogP contribution >= 0.6 is 11.6 Å². The molecule has 1 N–H and O–H groups in total. The molecule has 2 heterocycles. The van der Waals surface area contributed by atoms with Gasteiger partial charge in [-0.25, -0.2) is 4.79 Å². The van der Waals surface area contributed by atoms with Crippen LogP contribution in [0, 0.1) is 22.7 Å². The van der Waals surface area contributed by atoms with Crippen LogP contribution in [0.3, 0.4) is 0 Å². The number of nitriles is 1. The fourth-order valence-electron chi connectivity index (χ4n) is 4.93. The first-order valence-corrected chi connectivity index (χ1v) is 11.3. The molecule has 2 aliphatic heterocycles. The van der Waals surface area contributed by atoms with E-state index in [2.05, 4.69) is 6.07 Å². The van der Waals surface area contributed by atoms with Crippen molar-refractivity contribution in [3.63, 3.8) is 0 Å². The second-order valence-corrected chi connectivity index (χ2v) is 9.56. The van der Waals surface area contributed by atoms with Crippen LogP contribution in [0.5, 0.6) is 0 Å². The van der Waals surface area contributed by atoms with Gasteiger partial charge in [-0.2, -0.15) is 5.26 Å². The van der Waals surface area contributed by atoms with Gasteiger partial charge >= 0.3 is 6.09 Å². The first kappa shape index (κ1) is 22.4. The van der Waals surface area contributed by atoms with Crippen LogP contribution in [0.15, 0.2) is 24.3 Å². The number of hydrogen-bond donors (Lipinski definition) is 1. The van der Waals surface area contributed by atoms with E-state index in [1.165, 1.54) is 11.9 Å². The highest BCUT2D eigenvalue weighted by molar-refractivity contribution is 6.30. The molecule has 0 bridgehead atoms. The lowest BCUT2D eigenvalue weighted by Gasteiger charge is -2.34. The zero-order valence-electron chi connectivity index (χ0n) is 18.0. The summed E-state index contributed by atoms with van der Waals surface area (Å²) in [5.41, 5.74) is 0.126. The Labute approximate surface area is 192 Å². The van der Waals surface area contributed by atoms with Crippen molar-refractivity contribution < 1.29 is 19.5 Å². The molecule has 1 aliphatic carbocycles. The second kappa shape index (κ2) is 8.62. The van der Waals surface area contributed by atoms with E-state index in [0.717, 1.165) is 5.56 Å². The Bertz CT molecular complexity index is 948. The Morgan fingerprint density at radius 3 is 2.28 bits per heavy atom. The van der Waals surface area contributed by atoms with E-state index in [-0.39, 0.29) is 29.7 Å². The molecule has 0 unspecified atom stereocenters. The maximum absolute atomic E-state index is 13.3. The summed E-state index contributed by atoms with van der Waals surface area (Å²) >= 11 is 6.01. The van der Waals surface area contributed by atoms with Gasteiger partial charge < -0.3 is 19.8 Å².